The number of nitrogens with zero attached hydrogens (tertiary/aromatic N) is 3. The molecule has 4 rings (SSSR count). The van der Waals surface area contributed by atoms with Gasteiger partial charge in [0.15, 0.2) is 5.69 Å². The first-order chi connectivity index (χ1) is 14.7. The van der Waals surface area contributed by atoms with Gasteiger partial charge in [-0.1, -0.05) is 24.3 Å². The fourth-order valence-electron chi connectivity index (χ4n) is 4.33. The van der Waals surface area contributed by atoms with Gasteiger partial charge in [0.1, 0.15) is 5.75 Å². The van der Waals surface area contributed by atoms with Gasteiger partial charge in [0.2, 0.25) is 0 Å². The van der Waals surface area contributed by atoms with Crippen LogP contribution in [0.25, 0.3) is 0 Å². The molecule has 2 aromatic rings. The molecule has 1 amide bonds. The minimum atomic E-state index is 0.0164. The van der Waals surface area contributed by atoms with Gasteiger partial charge >= 0.3 is 0 Å². The SMILES string of the molecule is C=CCn1nc(C(=O)N2CCOCC2)c2c1CC[C@H](NCc1ccccc1OC)C2. The Morgan fingerprint density at radius 3 is 2.93 bits per heavy atom. The molecule has 1 aromatic heterocycles. The number of aromatic nitrogens is 2. The van der Waals surface area contributed by atoms with Crippen LogP contribution in [-0.4, -0.2) is 60.0 Å². The molecule has 0 radical (unpaired) electrons. The van der Waals surface area contributed by atoms with E-state index in [1.54, 1.807) is 7.11 Å². The molecule has 1 aliphatic heterocycles. The number of rotatable bonds is 7. The average molecular weight is 411 g/mol. The Bertz CT molecular complexity index is 902. The van der Waals surface area contributed by atoms with E-state index in [0.29, 0.717) is 44.6 Å². The van der Waals surface area contributed by atoms with Gasteiger partial charge in [-0.3, -0.25) is 9.48 Å². The Balaban J connectivity index is 1.52. The molecule has 1 fully saturated rings. The molecule has 7 nitrogen and oxygen atoms in total. The number of nitrogens with one attached hydrogen (secondary N) is 1. The fraction of sp³-hybridized carbons (Fsp3) is 0.478. The first kappa shape index (κ1) is 20.6. The molecule has 1 atom stereocenters. The molecule has 0 bridgehead atoms. The number of hydrogen-bond acceptors (Lipinski definition) is 5. The number of benzene rings is 1. The van der Waals surface area contributed by atoms with Crippen LogP contribution >= 0.6 is 0 Å². The van der Waals surface area contributed by atoms with E-state index in [0.717, 1.165) is 42.7 Å². The second-order valence-electron chi connectivity index (χ2n) is 7.78. The van der Waals surface area contributed by atoms with Gasteiger partial charge in [0, 0.05) is 42.5 Å². The van der Waals surface area contributed by atoms with E-state index in [9.17, 15) is 4.79 Å². The number of ether oxygens (including phenoxy) is 2. The zero-order valence-corrected chi connectivity index (χ0v) is 17.6. The van der Waals surface area contributed by atoms with Crippen molar-refractivity contribution in [3.05, 3.63) is 59.4 Å². The number of allylic oxidation sites excluding steroid dienone is 1. The van der Waals surface area contributed by atoms with Crippen LogP contribution in [0.4, 0.5) is 0 Å². The highest BCUT2D eigenvalue weighted by Crippen LogP contribution is 2.27. The maximum absolute atomic E-state index is 13.2. The summed E-state index contributed by atoms with van der Waals surface area (Å²) in [5.41, 5.74) is 3.98. The van der Waals surface area contributed by atoms with Crippen molar-refractivity contribution in [3.63, 3.8) is 0 Å². The lowest BCUT2D eigenvalue weighted by atomic mass is 9.90. The van der Waals surface area contributed by atoms with Crippen molar-refractivity contribution < 1.29 is 14.3 Å². The molecule has 0 unspecified atom stereocenters. The summed E-state index contributed by atoms with van der Waals surface area (Å²) in [4.78, 5) is 15.0. The van der Waals surface area contributed by atoms with Crippen molar-refractivity contribution in [1.82, 2.24) is 20.0 Å². The summed E-state index contributed by atoms with van der Waals surface area (Å²) in [6.45, 7) is 7.62. The van der Waals surface area contributed by atoms with E-state index in [1.165, 1.54) is 5.69 Å². The standard InChI is InChI=1S/C23H30N4O3/c1-3-10-27-20-9-8-18(24-16-17-6-4-5-7-21(17)29-2)15-19(20)22(25-27)23(28)26-11-13-30-14-12-26/h3-7,18,24H,1,8-16H2,2H3/t18-/m0/s1. The van der Waals surface area contributed by atoms with Crippen LogP contribution < -0.4 is 10.1 Å². The summed E-state index contributed by atoms with van der Waals surface area (Å²) in [5, 5.41) is 8.36. The van der Waals surface area contributed by atoms with Crippen LogP contribution in [0, 0.1) is 0 Å². The van der Waals surface area contributed by atoms with E-state index < -0.39 is 0 Å². The normalized spacial score (nSPS) is 18.7. The molecule has 1 N–H and O–H groups in total. The summed E-state index contributed by atoms with van der Waals surface area (Å²) in [7, 11) is 1.70. The lowest BCUT2D eigenvalue weighted by molar-refractivity contribution is 0.0297. The monoisotopic (exact) mass is 410 g/mol. The van der Waals surface area contributed by atoms with Gasteiger partial charge in [-0.15, -0.1) is 6.58 Å². The maximum Gasteiger partial charge on any atom is 0.274 e. The molecule has 1 saturated heterocycles. The number of hydrogen-bond donors (Lipinski definition) is 1. The van der Waals surface area contributed by atoms with E-state index in [-0.39, 0.29) is 5.91 Å². The van der Waals surface area contributed by atoms with Gasteiger partial charge in [-0.2, -0.15) is 5.10 Å². The van der Waals surface area contributed by atoms with E-state index in [1.807, 2.05) is 33.9 Å². The highest BCUT2D eigenvalue weighted by Gasteiger charge is 2.31. The Morgan fingerprint density at radius 1 is 1.37 bits per heavy atom. The molecule has 0 saturated carbocycles. The number of morpholine rings is 1. The van der Waals surface area contributed by atoms with Crippen molar-refractivity contribution in [2.24, 2.45) is 0 Å². The van der Waals surface area contributed by atoms with Crippen molar-refractivity contribution in [2.45, 2.75) is 38.4 Å². The minimum Gasteiger partial charge on any atom is -0.496 e. The molecule has 1 aromatic carbocycles. The number of methoxy groups -OCH3 is 1. The van der Waals surface area contributed by atoms with Crippen molar-refractivity contribution >= 4 is 5.91 Å². The summed E-state index contributed by atoms with van der Waals surface area (Å²) in [5.74, 6) is 0.909. The Hall–Kier alpha value is -2.64. The summed E-state index contributed by atoms with van der Waals surface area (Å²) >= 11 is 0. The molecule has 160 valence electrons. The van der Waals surface area contributed by atoms with Gasteiger partial charge in [-0.25, -0.2) is 0 Å². The van der Waals surface area contributed by atoms with Crippen LogP contribution in [0.15, 0.2) is 36.9 Å². The second-order valence-corrected chi connectivity index (χ2v) is 7.78. The Labute approximate surface area is 177 Å². The van der Waals surface area contributed by atoms with Crippen molar-refractivity contribution in [3.8, 4) is 5.75 Å². The lowest BCUT2D eigenvalue weighted by Crippen LogP contribution is -2.41. The molecule has 2 aliphatic rings. The van der Waals surface area contributed by atoms with E-state index >= 15 is 0 Å². The summed E-state index contributed by atoms with van der Waals surface area (Å²) in [6, 6.07) is 8.35. The third kappa shape index (κ3) is 4.27. The molecular weight excluding hydrogens is 380 g/mol. The number of para-hydroxylation sites is 1. The fourth-order valence-corrected chi connectivity index (χ4v) is 4.33. The Kier molecular flexibility index (Phi) is 6.50. The number of carbonyl (C=O) groups excluding carboxylic acids is 1. The topological polar surface area (TPSA) is 68.6 Å². The van der Waals surface area contributed by atoms with E-state index in [4.69, 9.17) is 14.6 Å². The third-order valence-electron chi connectivity index (χ3n) is 5.92. The van der Waals surface area contributed by atoms with Crippen LogP contribution in [0.5, 0.6) is 5.75 Å². The predicted molar refractivity (Wildman–Crippen MR) is 115 cm³/mol. The molecule has 7 heteroatoms. The number of fused-ring (bicyclic) bond motifs is 1. The third-order valence-corrected chi connectivity index (χ3v) is 5.92. The highest BCUT2D eigenvalue weighted by molar-refractivity contribution is 5.94. The van der Waals surface area contributed by atoms with Gasteiger partial charge in [0.25, 0.3) is 5.91 Å². The first-order valence-electron chi connectivity index (χ1n) is 10.6. The van der Waals surface area contributed by atoms with E-state index in [2.05, 4.69) is 18.0 Å². The van der Waals surface area contributed by atoms with Gasteiger partial charge < -0.3 is 19.7 Å². The predicted octanol–water partition coefficient (Wildman–Crippen LogP) is 2.20. The lowest BCUT2D eigenvalue weighted by Gasteiger charge is -2.28. The molecular formula is C23H30N4O3. The van der Waals surface area contributed by atoms with Crippen molar-refractivity contribution in [2.75, 3.05) is 33.4 Å². The molecule has 0 spiro atoms. The largest absolute Gasteiger partial charge is 0.496 e. The highest BCUT2D eigenvalue weighted by atomic mass is 16.5. The minimum absolute atomic E-state index is 0.0164. The van der Waals surface area contributed by atoms with Crippen LogP contribution in [-0.2, 0) is 30.7 Å². The number of carbonyl (C=O) groups is 1. The zero-order chi connectivity index (χ0) is 20.9. The Morgan fingerprint density at radius 2 is 2.17 bits per heavy atom. The molecule has 1 aliphatic carbocycles. The summed E-state index contributed by atoms with van der Waals surface area (Å²) < 4.78 is 12.8. The zero-order valence-electron chi connectivity index (χ0n) is 17.6. The molecule has 2 heterocycles. The number of amides is 1. The van der Waals surface area contributed by atoms with Crippen LogP contribution in [0.3, 0.4) is 0 Å². The second kappa shape index (κ2) is 9.45. The first-order valence-corrected chi connectivity index (χ1v) is 10.6. The van der Waals surface area contributed by atoms with Gasteiger partial charge in [0.05, 0.1) is 26.9 Å². The molecule has 30 heavy (non-hydrogen) atoms. The van der Waals surface area contributed by atoms with Gasteiger partial charge in [-0.05, 0) is 25.3 Å². The smallest absolute Gasteiger partial charge is 0.274 e. The van der Waals surface area contributed by atoms with Crippen LogP contribution in [0.2, 0.25) is 0 Å². The van der Waals surface area contributed by atoms with Crippen LogP contribution in [0.1, 0.15) is 33.7 Å². The van der Waals surface area contributed by atoms with Crippen molar-refractivity contribution in [1.29, 1.82) is 0 Å². The quantitative estimate of drug-likeness (QED) is 0.709. The summed E-state index contributed by atoms with van der Waals surface area (Å²) in [6.07, 6.45) is 4.54. The average Bonchev–Trinajstić information content (AvgIpc) is 3.16. The maximum atomic E-state index is 13.2.